The number of aliphatic hydroxyl groups excluding tert-OH is 2. The highest BCUT2D eigenvalue weighted by Crippen LogP contribution is 2.21. The number of nitrogens with two attached hydrogens (primary N) is 2. The standard InChI is InChI=1S/C47H83N11O17/c1-5-6-7-8-9-10-11-12-13-22-36(62)51-31(20-16-25-57(73)29(3)60)39-28(2)40(64)56-37(38(63)45(69)70)44(68)55-35(27-59)43(67)53-32(18-14-23-48)41(65)52-33(19-15-24-50-47(49)72)42(66)54-34(46(71)75-39)21-17-26-58(74)30(4)61/h28,31-35,37-39,59,63,73-74H,5-27,48H2,1-4H3,(H,51,62)(H,52,65)(H,53,67)(H,54,66)(H,55,68)(H,56,64)(H,69,70)(H3,49,50,72). The summed E-state index contributed by atoms with van der Waals surface area (Å²) >= 11 is 0. The first-order chi connectivity index (χ1) is 35.5. The van der Waals surface area contributed by atoms with E-state index in [1.165, 1.54) is 0 Å². The van der Waals surface area contributed by atoms with Crippen LogP contribution >= 0.6 is 0 Å². The molecule has 1 aliphatic rings. The zero-order valence-corrected chi connectivity index (χ0v) is 43.6. The fourth-order valence-corrected chi connectivity index (χ4v) is 7.93. The Labute approximate surface area is 436 Å². The van der Waals surface area contributed by atoms with Crippen molar-refractivity contribution in [3.05, 3.63) is 0 Å². The maximum absolute atomic E-state index is 14.7. The molecule has 0 aliphatic carbocycles. The quantitative estimate of drug-likeness (QED) is 0.0161. The molecule has 10 amide bonds. The number of esters is 1. The number of urea groups is 1. The summed E-state index contributed by atoms with van der Waals surface area (Å²) in [6, 6.07) is -11.5. The van der Waals surface area contributed by atoms with Crippen molar-refractivity contribution in [2.45, 2.75) is 192 Å². The lowest BCUT2D eigenvalue weighted by Gasteiger charge is -2.34. The molecule has 75 heavy (non-hydrogen) atoms. The van der Waals surface area contributed by atoms with E-state index in [2.05, 4.69) is 44.1 Å². The van der Waals surface area contributed by atoms with Crippen LogP contribution in [0.2, 0.25) is 0 Å². The number of hydrogen-bond acceptors (Lipinski definition) is 17. The molecule has 1 rings (SSSR count). The molecule has 0 spiro atoms. The number of nitrogens with zero attached hydrogens (tertiary/aromatic N) is 2. The summed E-state index contributed by atoms with van der Waals surface area (Å²) < 4.78 is 6.05. The number of carbonyl (C=O) groups excluding carboxylic acids is 10. The Morgan fingerprint density at radius 3 is 1.68 bits per heavy atom. The molecule has 0 radical (unpaired) electrons. The molecule has 9 unspecified atom stereocenters. The van der Waals surface area contributed by atoms with E-state index in [0.29, 0.717) is 23.0 Å². The Balaban J connectivity index is 4.11. The number of cyclic esters (lactones) is 1. The Bertz CT molecular complexity index is 1880. The highest BCUT2D eigenvalue weighted by molar-refractivity contribution is 5.98. The van der Waals surface area contributed by atoms with Gasteiger partial charge in [-0.15, -0.1) is 0 Å². The van der Waals surface area contributed by atoms with E-state index >= 15 is 0 Å². The summed E-state index contributed by atoms with van der Waals surface area (Å²) in [7, 11) is 0. The SMILES string of the molecule is CCCCCCCCCCCC(=O)NC(CCCN(O)C(C)=O)C1OC(=O)C(CCCN(O)C(C)=O)NC(=O)C(CCCNC(N)=O)NC(=O)C(CCCN)NC(=O)C(CO)NC(=O)C(C(O)C(=O)O)NC(=O)C1C. The molecule has 28 nitrogen and oxygen atoms in total. The number of carboxylic acids is 1. The molecule has 9 atom stereocenters. The van der Waals surface area contributed by atoms with Crippen LogP contribution in [-0.4, -0.2) is 182 Å². The second-order valence-corrected chi connectivity index (χ2v) is 18.6. The van der Waals surface area contributed by atoms with E-state index in [4.69, 9.17) is 16.2 Å². The van der Waals surface area contributed by atoms with Crippen molar-refractivity contribution < 1.29 is 83.2 Å². The molecule has 16 N–H and O–H groups in total. The van der Waals surface area contributed by atoms with Gasteiger partial charge in [0.2, 0.25) is 47.3 Å². The minimum Gasteiger partial charge on any atom is -0.479 e. The maximum atomic E-state index is 14.7. The molecule has 0 aromatic heterocycles. The molecule has 28 heteroatoms. The molecule has 0 aromatic rings. The third-order valence-electron chi connectivity index (χ3n) is 12.4. The third-order valence-corrected chi connectivity index (χ3v) is 12.4. The van der Waals surface area contributed by atoms with Gasteiger partial charge in [0.25, 0.3) is 0 Å². The van der Waals surface area contributed by atoms with Crippen LogP contribution in [0.1, 0.15) is 143 Å². The average Bonchev–Trinajstić information content (AvgIpc) is 3.35. The largest absolute Gasteiger partial charge is 0.479 e. The third kappa shape index (κ3) is 26.2. The van der Waals surface area contributed by atoms with E-state index in [1.54, 1.807) is 0 Å². The number of hydrogen-bond donors (Lipinski definition) is 14. The topological polar surface area (TPSA) is 441 Å². The first-order valence-corrected chi connectivity index (χ1v) is 25.7. The lowest BCUT2D eigenvalue weighted by Crippen LogP contribution is -2.62. The van der Waals surface area contributed by atoms with Gasteiger partial charge in [0.15, 0.2) is 6.10 Å². The number of primary amides is 1. The Kier molecular flexibility index (Phi) is 32.7. The summed E-state index contributed by atoms with van der Waals surface area (Å²) in [5, 5.41) is 68.6. The Hall–Kier alpha value is -6.23. The molecule has 0 aromatic carbocycles. The van der Waals surface area contributed by atoms with Crippen LogP contribution in [0.15, 0.2) is 0 Å². The zero-order valence-electron chi connectivity index (χ0n) is 43.6. The van der Waals surface area contributed by atoms with Crippen molar-refractivity contribution in [3.63, 3.8) is 0 Å². The molecule has 1 saturated heterocycles. The van der Waals surface area contributed by atoms with Gasteiger partial charge in [-0.05, 0) is 71.3 Å². The van der Waals surface area contributed by atoms with Crippen LogP contribution < -0.4 is 48.7 Å². The number of amides is 10. The van der Waals surface area contributed by atoms with Gasteiger partial charge in [0, 0.05) is 39.9 Å². The summed E-state index contributed by atoms with van der Waals surface area (Å²) in [5.41, 5.74) is 10.9. The lowest BCUT2D eigenvalue weighted by atomic mass is 9.92. The zero-order chi connectivity index (χ0) is 56.6. The van der Waals surface area contributed by atoms with E-state index in [9.17, 15) is 78.5 Å². The molecular formula is C47H83N11O17. The summed E-state index contributed by atoms with van der Waals surface area (Å²) in [6.45, 7) is 3.43. The van der Waals surface area contributed by atoms with Crippen LogP contribution in [0.25, 0.3) is 0 Å². The average molecular weight is 1070 g/mol. The fourth-order valence-electron chi connectivity index (χ4n) is 7.93. The van der Waals surface area contributed by atoms with Crippen LogP contribution in [0.4, 0.5) is 4.79 Å². The van der Waals surface area contributed by atoms with Gasteiger partial charge in [-0.25, -0.2) is 24.5 Å². The molecule has 0 bridgehead atoms. The second-order valence-electron chi connectivity index (χ2n) is 18.6. The molecule has 0 saturated carbocycles. The smallest absolute Gasteiger partial charge is 0.335 e. The van der Waals surface area contributed by atoms with Gasteiger partial charge in [-0.3, -0.25) is 48.8 Å². The number of carboxylic acid groups (broad SMARTS) is 1. The highest BCUT2D eigenvalue weighted by Gasteiger charge is 2.42. The minimum atomic E-state index is -2.72. The van der Waals surface area contributed by atoms with E-state index < -0.39 is 133 Å². The minimum absolute atomic E-state index is 0.00276. The molecular weight excluding hydrogens is 991 g/mol. The van der Waals surface area contributed by atoms with Gasteiger partial charge >= 0.3 is 18.0 Å². The van der Waals surface area contributed by atoms with Gasteiger partial charge in [-0.2, -0.15) is 0 Å². The molecule has 428 valence electrons. The predicted octanol–water partition coefficient (Wildman–Crippen LogP) is -1.96. The summed E-state index contributed by atoms with van der Waals surface area (Å²) in [6.07, 6.45) is 2.55. The van der Waals surface area contributed by atoms with Crippen molar-refractivity contribution in [2.75, 3.05) is 32.8 Å². The first-order valence-electron chi connectivity index (χ1n) is 25.7. The predicted molar refractivity (Wildman–Crippen MR) is 265 cm³/mol. The monoisotopic (exact) mass is 1070 g/mol. The van der Waals surface area contributed by atoms with E-state index in [0.717, 1.165) is 65.7 Å². The van der Waals surface area contributed by atoms with E-state index in [1.807, 2.05) is 0 Å². The second kappa shape index (κ2) is 36.7. The first kappa shape index (κ1) is 66.8. The number of ether oxygens (including phenoxy) is 1. The number of rotatable bonds is 30. The van der Waals surface area contributed by atoms with Crippen molar-refractivity contribution >= 4 is 65.2 Å². The summed E-state index contributed by atoms with van der Waals surface area (Å²) in [4.78, 5) is 146. The Morgan fingerprint density at radius 1 is 0.667 bits per heavy atom. The normalized spacial score (nSPS) is 22.0. The Morgan fingerprint density at radius 2 is 1.16 bits per heavy atom. The van der Waals surface area contributed by atoms with Crippen molar-refractivity contribution in [1.82, 2.24) is 47.3 Å². The molecule has 1 aliphatic heterocycles. The fraction of sp³-hybridized carbons (Fsp3) is 0.766. The number of aliphatic carboxylic acids is 1. The number of nitrogens with one attached hydrogen (secondary N) is 7. The van der Waals surface area contributed by atoms with Crippen LogP contribution in [0.5, 0.6) is 0 Å². The number of unbranched alkanes of at least 4 members (excludes halogenated alkanes) is 8. The van der Waals surface area contributed by atoms with Gasteiger partial charge in [0.05, 0.1) is 18.6 Å². The van der Waals surface area contributed by atoms with Crippen molar-refractivity contribution in [2.24, 2.45) is 17.4 Å². The molecule has 1 heterocycles. The van der Waals surface area contributed by atoms with Crippen LogP contribution in [-0.2, 0) is 52.7 Å². The van der Waals surface area contributed by atoms with Crippen LogP contribution in [0, 0.1) is 5.92 Å². The van der Waals surface area contributed by atoms with Gasteiger partial charge in [0.1, 0.15) is 36.3 Å². The van der Waals surface area contributed by atoms with Crippen LogP contribution in [0.3, 0.4) is 0 Å². The van der Waals surface area contributed by atoms with Gasteiger partial charge < -0.3 is 68.7 Å². The van der Waals surface area contributed by atoms with Gasteiger partial charge in [-0.1, -0.05) is 58.3 Å². The maximum Gasteiger partial charge on any atom is 0.335 e. The van der Waals surface area contributed by atoms with Crippen molar-refractivity contribution in [1.29, 1.82) is 0 Å². The molecule has 1 fully saturated rings. The number of carbonyl (C=O) groups is 11. The van der Waals surface area contributed by atoms with Crippen molar-refractivity contribution in [3.8, 4) is 0 Å². The number of aliphatic hydroxyl groups is 2. The number of hydroxylamine groups is 4. The summed E-state index contributed by atoms with van der Waals surface area (Å²) in [5.74, 6) is -13.2. The van der Waals surface area contributed by atoms with E-state index in [-0.39, 0.29) is 77.5 Å². The highest BCUT2D eigenvalue weighted by atomic mass is 16.5. The lowest BCUT2D eigenvalue weighted by molar-refractivity contribution is -0.164.